The van der Waals surface area contributed by atoms with Gasteiger partial charge in [0.05, 0.1) is 0 Å². The van der Waals surface area contributed by atoms with Crippen molar-refractivity contribution in [3.63, 3.8) is 0 Å². The van der Waals surface area contributed by atoms with Crippen LogP contribution < -0.4 is 0 Å². The van der Waals surface area contributed by atoms with Gasteiger partial charge in [-0.15, -0.1) is 0 Å². The van der Waals surface area contributed by atoms with Gasteiger partial charge in [0, 0.05) is 12.8 Å². The van der Waals surface area contributed by atoms with Crippen LogP contribution in [-0.4, -0.2) is 65.7 Å². The maximum atomic E-state index is 10.0. The van der Waals surface area contributed by atoms with Crippen molar-refractivity contribution in [1.82, 2.24) is 0 Å². The number of rotatable bonds is 9. The highest BCUT2D eigenvalue weighted by Gasteiger charge is 2.27. The molecule has 0 fully saturated rings. The lowest BCUT2D eigenvalue weighted by Gasteiger charge is -2.13. The van der Waals surface area contributed by atoms with E-state index in [2.05, 4.69) is 0 Å². The van der Waals surface area contributed by atoms with Gasteiger partial charge in [0.2, 0.25) is 0 Å². The van der Waals surface area contributed by atoms with Gasteiger partial charge in [-0.2, -0.15) is 0 Å². The molecule has 0 saturated heterocycles. The monoisotopic (exact) mass is 382 g/mol. The van der Waals surface area contributed by atoms with Crippen molar-refractivity contribution in [1.29, 1.82) is 0 Å². The summed E-state index contributed by atoms with van der Waals surface area (Å²) in [4.78, 5) is 39.8. The molecule has 10 heteroatoms. The van der Waals surface area contributed by atoms with E-state index in [4.69, 9.17) is 30.6 Å². The van der Waals surface area contributed by atoms with Crippen molar-refractivity contribution in [3.05, 3.63) is 0 Å². The molecule has 154 valence electrons. The zero-order valence-electron chi connectivity index (χ0n) is 15.6. The van der Waals surface area contributed by atoms with Gasteiger partial charge in [-0.05, 0) is 39.5 Å². The van der Waals surface area contributed by atoms with E-state index in [1.54, 1.807) is 13.8 Å². The van der Waals surface area contributed by atoms with Crippen LogP contribution in [-0.2, 0) is 19.2 Å². The summed E-state index contributed by atoms with van der Waals surface area (Å²) in [6.07, 6.45) is 1.49. The third-order valence-electron chi connectivity index (χ3n) is 3.33. The fourth-order valence-corrected chi connectivity index (χ4v) is 0.855. The van der Waals surface area contributed by atoms with Crippen molar-refractivity contribution in [2.45, 2.75) is 77.4 Å². The number of aliphatic carboxylic acids is 4. The Bertz CT molecular complexity index is 412. The standard InChI is InChI=1S/C6H10O4.2C5H10O3/c7-5(8)3-1-2-4-6(9)10;2*1-3-5(2,8)4(6)7/h1-4H2,(H,7,8)(H,9,10);2*8H,3H2,1-2H3,(H,6,7). The molecule has 0 radical (unpaired) electrons. The van der Waals surface area contributed by atoms with Gasteiger partial charge in [0.15, 0.2) is 11.2 Å². The second kappa shape index (κ2) is 14.0. The van der Waals surface area contributed by atoms with Crippen LogP contribution in [0.1, 0.15) is 66.2 Å². The average Bonchev–Trinajstić information content (AvgIpc) is 2.52. The molecule has 0 aliphatic rings. The van der Waals surface area contributed by atoms with Crippen LogP contribution in [0.3, 0.4) is 0 Å². The molecule has 10 nitrogen and oxygen atoms in total. The Hall–Kier alpha value is -2.20. The molecule has 0 bridgehead atoms. The van der Waals surface area contributed by atoms with Crippen molar-refractivity contribution in [2.24, 2.45) is 0 Å². The number of carboxylic acids is 4. The average molecular weight is 382 g/mol. The molecule has 0 heterocycles. The van der Waals surface area contributed by atoms with E-state index in [1.807, 2.05) is 0 Å². The first-order valence-corrected chi connectivity index (χ1v) is 7.99. The summed E-state index contributed by atoms with van der Waals surface area (Å²) in [6.45, 7) is 5.78. The Morgan fingerprint density at radius 2 is 0.885 bits per heavy atom. The Morgan fingerprint density at radius 1 is 0.654 bits per heavy atom. The van der Waals surface area contributed by atoms with E-state index in [0.29, 0.717) is 12.8 Å². The van der Waals surface area contributed by atoms with E-state index in [1.165, 1.54) is 13.8 Å². The molecular weight excluding hydrogens is 352 g/mol. The number of unbranched alkanes of at least 4 members (excludes halogenated alkanes) is 1. The van der Waals surface area contributed by atoms with Gasteiger partial charge in [-0.3, -0.25) is 9.59 Å². The second-order valence-electron chi connectivity index (χ2n) is 5.86. The Morgan fingerprint density at radius 3 is 0.962 bits per heavy atom. The quantitative estimate of drug-likeness (QED) is 0.316. The lowest BCUT2D eigenvalue weighted by atomic mass is 10.1. The minimum absolute atomic E-state index is 0.0628. The first-order chi connectivity index (χ1) is 11.6. The van der Waals surface area contributed by atoms with Crippen LogP contribution in [0.5, 0.6) is 0 Å². The minimum Gasteiger partial charge on any atom is -0.481 e. The Labute approximate surface area is 152 Å². The third kappa shape index (κ3) is 18.1. The SMILES string of the molecule is CCC(C)(O)C(=O)O.CCC(C)(O)C(=O)O.O=C(O)CCCCC(=O)O. The smallest absolute Gasteiger partial charge is 0.335 e. The third-order valence-corrected chi connectivity index (χ3v) is 3.33. The number of hydrogen-bond donors (Lipinski definition) is 6. The van der Waals surface area contributed by atoms with E-state index >= 15 is 0 Å². The molecule has 0 amide bonds. The minimum atomic E-state index is -1.54. The molecule has 0 spiro atoms. The summed E-state index contributed by atoms with van der Waals surface area (Å²) >= 11 is 0. The van der Waals surface area contributed by atoms with Gasteiger partial charge in [0.1, 0.15) is 0 Å². The predicted molar refractivity (Wildman–Crippen MR) is 90.8 cm³/mol. The van der Waals surface area contributed by atoms with Crippen LogP contribution in [0, 0.1) is 0 Å². The fraction of sp³-hybridized carbons (Fsp3) is 0.750. The molecule has 26 heavy (non-hydrogen) atoms. The number of carboxylic acid groups (broad SMARTS) is 4. The van der Waals surface area contributed by atoms with Crippen LogP contribution in [0.15, 0.2) is 0 Å². The first kappa shape index (κ1) is 28.6. The molecular formula is C16H30O10. The maximum Gasteiger partial charge on any atom is 0.335 e. The summed E-state index contributed by atoms with van der Waals surface area (Å²) in [5.41, 5.74) is -3.08. The highest BCUT2D eigenvalue weighted by atomic mass is 16.4. The number of hydrogen-bond acceptors (Lipinski definition) is 6. The van der Waals surface area contributed by atoms with Crippen LogP contribution in [0.4, 0.5) is 0 Å². The summed E-state index contributed by atoms with van der Waals surface area (Å²) in [5, 5.41) is 50.2. The zero-order valence-corrected chi connectivity index (χ0v) is 15.6. The summed E-state index contributed by atoms with van der Waals surface area (Å²) in [7, 11) is 0. The molecule has 6 N–H and O–H groups in total. The molecule has 2 unspecified atom stereocenters. The van der Waals surface area contributed by atoms with Crippen molar-refractivity contribution >= 4 is 23.9 Å². The summed E-state index contributed by atoms with van der Waals surface area (Å²) in [5.74, 6) is -4.07. The Balaban J connectivity index is -0.000000308. The van der Waals surface area contributed by atoms with Gasteiger partial charge in [-0.1, -0.05) is 13.8 Å². The molecule has 0 aromatic heterocycles. The van der Waals surface area contributed by atoms with Crippen molar-refractivity contribution in [3.8, 4) is 0 Å². The van der Waals surface area contributed by atoms with Crippen LogP contribution >= 0.6 is 0 Å². The summed E-state index contributed by atoms with van der Waals surface area (Å²) in [6, 6.07) is 0. The lowest BCUT2D eigenvalue weighted by Crippen LogP contribution is -2.33. The van der Waals surface area contributed by atoms with E-state index in [0.717, 1.165) is 0 Å². The first-order valence-electron chi connectivity index (χ1n) is 7.99. The fourth-order valence-electron chi connectivity index (χ4n) is 0.855. The van der Waals surface area contributed by atoms with Crippen molar-refractivity contribution in [2.75, 3.05) is 0 Å². The van der Waals surface area contributed by atoms with E-state index in [9.17, 15) is 19.2 Å². The second-order valence-corrected chi connectivity index (χ2v) is 5.86. The Kier molecular flexibility index (Phi) is 15.4. The van der Waals surface area contributed by atoms with Gasteiger partial charge < -0.3 is 30.6 Å². The summed E-state index contributed by atoms with van der Waals surface area (Å²) < 4.78 is 0. The molecule has 0 rings (SSSR count). The normalized spacial score (nSPS) is 14.2. The van der Waals surface area contributed by atoms with E-state index in [-0.39, 0.29) is 25.7 Å². The predicted octanol–water partition coefficient (Wildman–Crippen LogP) is 1.18. The van der Waals surface area contributed by atoms with Gasteiger partial charge in [0.25, 0.3) is 0 Å². The molecule has 0 aromatic carbocycles. The van der Waals surface area contributed by atoms with Gasteiger partial charge >= 0.3 is 23.9 Å². The van der Waals surface area contributed by atoms with Gasteiger partial charge in [-0.25, -0.2) is 9.59 Å². The number of carbonyl (C=O) groups is 4. The number of aliphatic hydroxyl groups is 2. The highest BCUT2D eigenvalue weighted by molar-refractivity contribution is 5.76. The molecule has 0 aromatic rings. The molecule has 0 aliphatic heterocycles. The topological polar surface area (TPSA) is 190 Å². The maximum absolute atomic E-state index is 10.0. The van der Waals surface area contributed by atoms with Crippen LogP contribution in [0.25, 0.3) is 0 Å². The van der Waals surface area contributed by atoms with Crippen molar-refractivity contribution < 1.29 is 49.8 Å². The largest absolute Gasteiger partial charge is 0.481 e. The highest BCUT2D eigenvalue weighted by Crippen LogP contribution is 2.07. The van der Waals surface area contributed by atoms with E-state index < -0.39 is 35.1 Å². The zero-order chi connectivity index (χ0) is 21.6. The van der Waals surface area contributed by atoms with Crippen LogP contribution in [0.2, 0.25) is 0 Å². The molecule has 0 saturated carbocycles. The molecule has 0 aliphatic carbocycles. The lowest BCUT2D eigenvalue weighted by molar-refractivity contribution is -0.157. The molecule has 2 atom stereocenters.